The van der Waals surface area contributed by atoms with E-state index < -0.39 is 0 Å². The van der Waals surface area contributed by atoms with Crippen LogP contribution in [0.3, 0.4) is 0 Å². The van der Waals surface area contributed by atoms with E-state index in [9.17, 15) is 4.39 Å². The second-order valence-electron chi connectivity index (χ2n) is 2.87. The molecule has 0 atom stereocenters. The second-order valence-corrected chi connectivity index (χ2v) is 4.28. The zero-order chi connectivity index (χ0) is 10.8. The Morgan fingerprint density at radius 2 is 2.20 bits per heavy atom. The topological polar surface area (TPSA) is 30.7 Å². The highest BCUT2D eigenvalue weighted by molar-refractivity contribution is 9.10. The van der Waals surface area contributed by atoms with Crippen LogP contribution in [0.5, 0.6) is 0 Å². The lowest BCUT2D eigenvalue weighted by Gasteiger charge is -2.06. The first-order valence-electron chi connectivity index (χ1n) is 4.13. The highest BCUT2D eigenvalue weighted by atomic mass is 79.9. The van der Waals surface area contributed by atoms with Gasteiger partial charge in [0, 0.05) is 9.80 Å². The van der Waals surface area contributed by atoms with Gasteiger partial charge in [-0.15, -0.1) is 5.10 Å². The lowest BCUT2D eigenvalue weighted by Crippen LogP contribution is -2.01. The van der Waals surface area contributed by atoms with Gasteiger partial charge in [0.2, 0.25) is 0 Å². The van der Waals surface area contributed by atoms with Crippen molar-refractivity contribution in [3.8, 4) is 5.69 Å². The predicted octanol–water partition coefficient (Wildman–Crippen LogP) is 3.06. The molecule has 0 fully saturated rings. The smallest absolute Gasteiger partial charge is 0.124 e. The monoisotopic (exact) mass is 333 g/mol. The molecule has 0 amide bonds. The third kappa shape index (κ3) is 2.10. The summed E-state index contributed by atoms with van der Waals surface area (Å²) in [6.07, 6.45) is 1.66. The lowest BCUT2D eigenvalue weighted by atomic mass is 10.3. The number of aromatic nitrogens is 3. The predicted molar refractivity (Wildman–Crippen MR) is 61.6 cm³/mol. The van der Waals surface area contributed by atoms with Gasteiger partial charge in [-0.3, -0.25) is 0 Å². The number of benzene rings is 1. The number of hydrogen-bond donors (Lipinski definition) is 0. The fourth-order valence-corrected chi connectivity index (χ4v) is 2.10. The summed E-state index contributed by atoms with van der Waals surface area (Å²) in [5, 5.41) is 8.38. The maximum Gasteiger partial charge on any atom is 0.124 e. The van der Waals surface area contributed by atoms with Gasteiger partial charge in [0.25, 0.3) is 0 Å². The molecule has 1 aromatic carbocycles. The van der Waals surface area contributed by atoms with Gasteiger partial charge in [-0.25, -0.2) is 9.07 Å². The van der Waals surface area contributed by atoms with Crippen molar-refractivity contribution in [2.75, 3.05) is 0 Å². The average Bonchev–Trinajstić information content (AvgIpc) is 2.65. The molecule has 0 bridgehead atoms. The summed E-state index contributed by atoms with van der Waals surface area (Å²) in [4.78, 5) is 0. The van der Waals surface area contributed by atoms with Crippen molar-refractivity contribution < 1.29 is 4.39 Å². The molecule has 0 aliphatic heterocycles. The number of alkyl halides is 1. The highest BCUT2D eigenvalue weighted by Gasteiger charge is 2.08. The molecular weight excluding hydrogens is 329 g/mol. The SMILES string of the molecule is Fc1ccc(-n2nncc2CBr)c(Br)c1. The van der Waals surface area contributed by atoms with Crippen LogP contribution in [-0.2, 0) is 5.33 Å². The standard InChI is InChI=1S/C9H6Br2FN3/c10-4-7-5-13-14-15(7)9-2-1-6(12)3-8(9)11/h1-3,5H,4H2. The van der Waals surface area contributed by atoms with Gasteiger partial charge in [-0.05, 0) is 34.1 Å². The molecular formula is C9H6Br2FN3. The van der Waals surface area contributed by atoms with E-state index in [4.69, 9.17) is 0 Å². The quantitative estimate of drug-likeness (QED) is 0.790. The first-order valence-corrected chi connectivity index (χ1v) is 6.05. The van der Waals surface area contributed by atoms with Crippen LogP contribution >= 0.6 is 31.9 Å². The zero-order valence-electron chi connectivity index (χ0n) is 7.49. The van der Waals surface area contributed by atoms with Crippen molar-refractivity contribution in [3.63, 3.8) is 0 Å². The van der Waals surface area contributed by atoms with Crippen LogP contribution in [-0.4, -0.2) is 15.0 Å². The molecule has 2 aromatic rings. The largest absolute Gasteiger partial charge is 0.216 e. The van der Waals surface area contributed by atoms with E-state index in [1.165, 1.54) is 12.1 Å². The summed E-state index contributed by atoms with van der Waals surface area (Å²) >= 11 is 6.62. The Labute approximate surface area is 103 Å². The van der Waals surface area contributed by atoms with E-state index in [1.54, 1.807) is 16.9 Å². The highest BCUT2D eigenvalue weighted by Crippen LogP contribution is 2.22. The third-order valence-corrected chi connectivity index (χ3v) is 3.10. The van der Waals surface area contributed by atoms with Crippen molar-refractivity contribution in [2.45, 2.75) is 5.33 Å². The maximum atomic E-state index is 12.9. The Kier molecular flexibility index (Phi) is 3.16. The minimum absolute atomic E-state index is 0.286. The fraction of sp³-hybridized carbons (Fsp3) is 0.111. The first kappa shape index (κ1) is 10.8. The van der Waals surface area contributed by atoms with Crippen LogP contribution in [0.25, 0.3) is 5.69 Å². The van der Waals surface area contributed by atoms with Crippen molar-refractivity contribution in [3.05, 3.63) is 40.4 Å². The number of nitrogens with zero attached hydrogens (tertiary/aromatic N) is 3. The van der Waals surface area contributed by atoms with Gasteiger partial charge in [0.05, 0.1) is 17.6 Å². The molecule has 78 valence electrons. The van der Waals surface area contributed by atoms with Gasteiger partial charge < -0.3 is 0 Å². The van der Waals surface area contributed by atoms with Crippen LogP contribution in [0.4, 0.5) is 4.39 Å². The minimum Gasteiger partial charge on any atom is -0.216 e. The molecule has 2 rings (SSSR count). The normalized spacial score (nSPS) is 10.6. The Morgan fingerprint density at radius 1 is 1.40 bits per heavy atom. The van der Waals surface area contributed by atoms with E-state index >= 15 is 0 Å². The number of rotatable bonds is 2. The van der Waals surface area contributed by atoms with E-state index in [2.05, 4.69) is 42.2 Å². The molecule has 0 unspecified atom stereocenters. The Bertz CT molecular complexity index is 484. The van der Waals surface area contributed by atoms with Gasteiger partial charge in [0.15, 0.2) is 0 Å². The van der Waals surface area contributed by atoms with Crippen molar-refractivity contribution in [1.82, 2.24) is 15.0 Å². The van der Waals surface area contributed by atoms with Crippen LogP contribution in [0, 0.1) is 5.82 Å². The molecule has 0 radical (unpaired) electrons. The van der Waals surface area contributed by atoms with Crippen molar-refractivity contribution >= 4 is 31.9 Å². The summed E-state index contributed by atoms with van der Waals surface area (Å²) in [6, 6.07) is 4.44. The van der Waals surface area contributed by atoms with E-state index in [0.29, 0.717) is 9.80 Å². The zero-order valence-corrected chi connectivity index (χ0v) is 10.7. The van der Waals surface area contributed by atoms with Gasteiger partial charge >= 0.3 is 0 Å². The number of hydrogen-bond acceptors (Lipinski definition) is 2. The molecule has 15 heavy (non-hydrogen) atoms. The molecule has 1 aromatic heterocycles. The van der Waals surface area contributed by atoms with Crippen LogP contribution in [0.15, 0.2) is 28.9 Å². The molecule has 1 heterocycles. The van der Waals surface area contributed by atoms with E-state index in [0.717, 1.165) is 11.4 Å². The van der Waals surface area contributed by atoms with Crippen molar-refractivity contribution in [2.24, 2.45) is 0 Å². The maximum absolute atomic E-state index is 12.9. The molecule has 0 spiro atoms. The molecule has 0 N–H and O–H groups in total. The summed E-state index contributed by atoms with van der Waals surface area (Å²) < 4.78 is 15.2. The number of halogens is 3. The summed E-state index contributed by atoms with van der Waals surface area (Å²) in [7, 11) is 0. The third-order valence-electron chi connectivity index (χ3n) is 1.89. The molecule has 3 nitrogen and oxygen atoms in total. The summed E-state index contributed by atoms with van der Waals surface area (Å²) in [6.45, 7) is 0. The molecule has 0 saturated carbocycles. The lowest BCUT2D eigenvalue weighted by molar-refractivity contribution is 0.625. The Morgan fingerprint density at radius 3 is 2.87 bits per heavy atom. The minimum atomic E-state index is -0.286. The molecule has 0 saturated heterocycles. The molecule has 0 aliphatic carbocycles. The Balaban J connectivity index is 2.54. The molecule has 6 heteroatoms. The fourth-order valence-electron chi connectivity index (χ4n) is 1.20. The van der Waals surface area contributed by atoms with Gasteiger partial charge in [0.1, 0.15) is 5.82 Å². The van der Waals surface area contributed by atoms with E-state index in [-0.39, 0.29) is 5.82 Å². The van der Waals surface area contributed by atoms with Crippen LogP contribution in [0.1, 0.15) is 5.69 Å². The summed E-state index contributed by atoms with van der Waals surface area (Å²) in [5.74, 6) is -0.286. The average molecular weight is 335 g/mol. The van der Waals surface area contributed by atoms with E-state index in [1.807, 2.05) is 0 Å². The Hall–Kier alpha value is -0.750. The molecule has 0 aliphatic rings. The second kappa shape index (κ2) is 4.40. The van der Waals surface area contributed by atoms with Crippen LogP contribution < -0.4 is 0 Å². The first-order chi connectivity index (χ1) is 7.22. The van der Waals surface area contributed by atoms with Crippen LogP contribution in [0.2, 0.25) is 0 Å². The van der Waals surface area contributed by atoms with Gasteiger partial charge in [-0.2, -0.15) is 0 Å². The summed E-state index contributed by atoms with van der Waals surface area (Å²) in [5.41, 5.74) is 1.67. The van der Waals surface area contributed by atoms with Gasteiger partial charge in [-0.1, -0.05) is 21.1 Å². The van der Waals surface area contributed by atoms with Crippen molar-refractivity contribution in [1.29, 1.82) is 0 Å².